The van der Waals surface area contributed by atoms with Gasteiger partial charge < -0.3 is 10.0 Å². The zero-order chi connectivity index (χ0) is 22.4. The molecule has 3 heteroatoms. The molecule has 0 aromatic heterocycles. The minimum absolute atomic E-state index is 0.0321. The van der Waals surface area contributed by atoms with Crippen LogP contribution in [0.3, 0.4) is 0 Å². The summed E-state index contributed by atoms with van der Waals surface area (Å²) in [7, 11) is 0. The summed E-state index contributed by atoms with van der Waals surface area (Å²) in [6, 6.07) is 0. The van der Waals surface area contributed by atoms with Crippen LogP contribution in [0.2, 0.25) is 0 Å². The molecule has 1 atom stereocenters. The minimum Gasteiger partial charge on any atom is -0.383 e. The quantitative estimate of drug-likeness (QED) is 0.173. The molecule has 0 aromatic rings. The van der Waals surface area contributed by atoms with E-state index in [2.05, 4.69) is 6.92 Å². The molecule has 1 fully saturated rings. The fourth-order valence-corrected chi connectivity index (χ4v) is 4.86. The number of aliphatic hydroxyl groups is 1. The van der Waals surface area contributed by atoms with Crippen LogP contribution in [0.4, 0.5) is 0 Å². The molecule has 3 nitrogen and oxygen atoms in total. The molecule has 1 aliphatic heterocycles. The highest BCUT2D eigenvalue weighted by molar-refractivity contribution is 5.80. The van der Waals surface area contributed by atoms with Gasteiger partial charge in [0.15, 0.2) is 0 Å². The van der Waals surface area contributed by atoms with Crippen LogP contribution in [-0.2, 0) is 4.79 Å². The van der Waals surface area contributed by atoms with E-state index in [-0.39, 0.29) is 5.91 Å². The van der Waals surface area contributed by atoms with Gasteiger partial charge in [-0.15, -0.1) is 0 Å². The first-order valence-corrected chi connectivity index (χ1v) is 14.2. The highest BCUT2D eigenvalue weighted by atomic mass is 16.3. The summed E-state index contributed by atoms with van der Waals surface area (Å²) in [6.07, 6.45) is 29.6. The van der Waals surface area contributed by atoms with Gasteiger partial charge in [-0.05, 0) is 19.3 Å². The fraction of sp³-hybridized carbons (Fsp3) is 0.964. The van der Waals surface area contributed by atoms with E-state index in [0.717, 1.165) is 38.8 Å². The van der Waals surface area contributed by atoms with E-state index in [4.69, 9.17) is 0 Å². The van der Waals surface area contributed by atoms with Gasteiger partial charge in [0.1, 0.15) is 6.10 Å². The molecule has 1 unspecified atom stereocenters. The van der Waals surface area contributed by atoms with Crippen molar-refractivity contribution in [1.29, 1.82) is 0 Å². The molecule has 1 saturated heterocycles. The third-order valence-corrected chi connectivity index (χ3v) is 7.03. The Morgan fingerprint density at radius 1 is 0.613 bits per heavy atom. The van der Waals surface area contributed by atoms with Crippen molar-refractivity contribution >= 4 is 5.91 Å². The van der Waals surface area contributed by atoms with Crippen LogP contribution >= 0.6 is 0 Å². The predicted octanol–water partition coefficient (Wildman–Crippen LogP) is 8.18. The van der Waals surface area contributed by atoms with Gasteiger partial charge in [0.25, 0.3) is 5.91 Å². The van der Waals surface area contributed by atoms with E-state index >= 15 is 0 Å². The molecule has 0 aromatic carbocycles. The van der Waals surface area contributed by atoms with Crippen molar-refractivity contribution in [3.05, 3.63) is 0 Å². The first-order valence-electron chi connectivity index (χ1n) is 14.2. The number of carbonyl (C=O) groups is 1. The van der Waals surface area contributed by atoms with E-state index in [0.29, 0.717) is 6.42 Å². The lowest BCUT2D eigenvalue weighted by atomic mass is 10.0. The fourth-order valence-electron chi connectivity index (χ4n) is 4.86. The highest BCUT2D eigenvalue weighted by Gasteiger charge is 2.23. The first-order chi connectivity index (χ1) is 15.3. The van der Waals surface area contributed by atoms with Gasteiger partial charge in [0.2, 0.25) is 0 Å². The number of nitrogens with zero attached hydrogens (tertiary/aromatic N) is 1. The Morgan fingerprint density at radius 2 is 0.935 bits per heavy atom. The summed E-state index contributed by atoms with van der Waals surface area (Å²) < 4.78 is 0. The number of unbranched alkanes of at least 4 members (excludes halogenated alkanes) is 19. The number of carbonyl (C=O) groups excluding carboxylic acids is 1. The third kappa shape index (κ3) is 16.7. The second-order valence-electron chi connectivity index (χ2n) is 10.1. The molecular weight excluding hydrogens is 382 g/mol. The van der Waals surface area contributed by atoms with Crippen molar-refractivity contribution in [2.75, 3.05) is 13.1 Å². The van der Waals surface area contributed by atoms with Gasteiger partial charge in [0, 0.05) is 13.1 Å². The van der Waals surface area contributed by atoms with Crippen molar-refractivity contribution < 1.29 is 9.90 Å². The molecule has 1 amide bonds. The van der Waals surface area contributed by atoms with Gasteiger partial charge in [-0.25, -0.2) is 0 Å². The lowest BCUT2D eigenvalue weighted by molar-refractivity contribution is -0.139. The van der Waals surface area contributed by atoms with E-state index < -0.39 is 6.10 Å². The normalized spacial score (nSPS) is 15.0. The second kappa shape index (κ2) is 21.3. The Hall–Kier alpha value is -0.570. The van der Waals surface area contributed by atoms with E-state index in [1.54, 1.807) is 0 Å². The van der Waals surface area contributed by atoms with Crippen LogP contribution in [0, 0.1) is 0 Å². The lowest BCUT2D eigenvalue weighted by Gasteiger charge is -2.19. The summed E-state index contributed by atoms with van der Waals surface area (Å²) in [4.78, 5) is 13.9. The summed E-state index contributed by atoms with van der Waals surface area (Å²) in [5, 5.41) is 10.0. The summed E-state index contributed by atoms with van der Waals surface area (Å²) in [5.74, 6) is -0.0321. The highest BCUT2D eigenvalue weighted by Crippen LogP contribution is 2.16. The van der Waals surface area contributed by atoms with Crippen molar-refractivity contribution in [2.24, 2.45) is 0 Å². The zero-order valence-corrected chi connectivity index (χ0v) is 21.1. The number of likely N-dealkylation sites (tertiary alicyclic amines) is 1. The van der Waals surface area contributed by atoms with E-state index in [9.17, 15) is 9.90 Å². The molecule has 184 valence electrons. The maximum Gasteiger partial charge on any atom is 0.251 e. The van der Waals surface area contributed by atoms with E-state index in [1.165, 1.54) is 116 Å². The van der Waals surface area contributed by atoms with Gasteiger partial charge in [-0.2, -0.15) is 0 Å². The molecule has 0 bridgehead atoms. The first kappa shape index (κ1) is 28.5. The van der Waals surface area contributed by atoms with Crippen LogP contribution in [0.1, 0.15) is 155 Å². The van der Waals surface area contributed by atoms with Crippen molar-refractivity contribution in [3.63, 3.8) is 0 Å². The molecule has 1 rings (SSSR count). The number of aliphatic hydroxyl groups excluding tert-OH is 1. The molecule has 0 spiro atoms. The van der Waals surface area contributed by atoms with Crippen LogP contribution in [0.25, 0.3) is 0 Å². The minimum atomic E-state index is -0.756. The number of amides is 1. The Balaban J connectivity index is 1.71. The zero-order valence-electron chi connectivity index (χ0n) is 21.1. The molecular formula is C28H55NO2. The predicted molar refractivity (Wildman–Crippen MR) is 134 cm³/mol. The maximum absolute atomic E-state index is 12.1. The Labute approximate surface area is 194 Å². The van der Waals surface area contributed by atoms with Gasteiger partial charge in [-0.3, -0.25) is 4.79 Å². The molecule has 0 radical (unpaired) electrons. The van der Waals surface area contributed by atoms with Gasteiger partial charge >= 0.3 is 0 Å². The van der Waals surface area contributed by atoms with E-state index in [1.807, 2.05) is 4.90 Å². The molecule has 1 heterocycles. The second-order valence-corrected chi connectivity index (χ2v) is 10.1. The van der Waals surface area contributed by atoms with Crippen molar-refractivity contribution in [3.8, 4) is 0 Å². The molecule has 1 N–H and O–H groups in total. The summed E-state index contributed by atoms with van der Waals surface area (Å²) in [5.41, 5.74) is 0. The number of hydrogen-bond donors (Lipinski definition) is 1. The van der Waals surface area contributed by atoms with Crippen molar-refractivity contribution in [2.45, 2.75) is 161 Å². The third-order valence-electron chi connectivity index (χ3n) is 7.03. The number of rotatable bonds is 22. The average molecular weight is 438 g/mol. The molecule has 1 aliphatic rings. The Bertz CT molecular complexity index is 392. The summed E-state index contributed by atoms with van der Waals surface area (Å²) >= 11 is 0. The van der Waals surface area contributed by atoms with Gasteiger partial charge in [-0.1, -0.05) is 135 Å². The smallest absolute Gasteiger partial charge is 0.251 e. The average Bonchev–Trinajstić information content (AvgIpc) is 3.32. The van der Waals surface area contributed by atoms with Crippen molar-refractivity contribution in [1.82, 2.24) is 4.90 Å². The van der Waals surface area contributed by atoms with Crippen LogP contribution < -0.4 is 0 Å². The maximum atomic E-state index is 12.1. The topological polar surface area (TPSA) is 40.5 Å². The Kier molecular flexibility index (Phi) is 19.5. The number of hydrogen-bond acceptors (Lipinski definition) is 2. The SMILES string of the molecule is CCCCCCCCCCCCCCCCCCCCCCC(O)C(=O)N1CCCC1. The Morgan fingerprint density at radius 3 is 1.29 bits per heavy atom. The molecule has 0 aliphatic carbocycles. The van der Waals surface area contributed by atoms with Crippen LogP contribution in [0.5, 0.6) is 0 Å². The van der Waals surface area contributed by atoms with Crippen LogP contribution in [0.15, 0.2) is 0 Å². The monoisotopic (exact) mass is 437 g/mol. The van der Waals surface area contributed by atoms with Crippen LogP contribution in [-0.4, -0.2) is 35.1 Å². The standard InChI is InChI=1S/C28H55NO2/c1-2-3-4-5-6-7-8-9-10-11-12-13-14-15-16-17-18-19-20-21-24-27(30)28(31)29-25-22-23-26-29/h27,30H,2-26H2,1H3. The molecule has 0 saturated carbocycles. The largest absolute Gasteiger partial charge is 0.383 e. The lowest BCUT2D eigenvalue weighted by Crippen LogP contribution is -2.37. The molecule has 31 heavy (non-hydrogen) atoms. The summed E-state index contributed by atoms with van der Waals surface area (Å²) in [6.45, 7) is 3.97. The van der Waals surface area contributed by atoms with Gasteiger partial charge in [0.05, 0.1) is 0 Å².